The Balaban J connectivity index is 1.41. The molecule has 132 valence electrons. The molecule has 0 unspecified atom stereocenters. The molecule has 0 radical (unpaired) electrons. The van der Waals surface area contributed by atoms with Crippen molar-refractivity contribution < 1.29 is 4.79 Å². The van der Waals surface area contributed by atoms with E-state index in [1.165, 1.54) is 5.56 Å². The van der Waals surface area contributed by atoms with Gasteiger partial charge in [-0.2, -0.15) is 5.10 Å². The van der Waals surface area contributed by atoms with Gasteiger partial charge in [-0.25, -0.2) is 4.98 Å². The molecule has 27 heavy (non-hydrogen) atoms. The number of anilines is 3. The lowest BCUT2D eigenvalue weighted by Crippen LogP contribution is -2.18. The number of fused-ring (bicyclic) bond motifs is 2. The molecule has 5 rings (SSSR count). The van der Waals surface area contributed by atoms with Gasteiger partial charge in [-0.15, -0.1) is 0 Å². The van der Waals surface area contributed by atoms with E-state index in [4.69, 9.17) is 0 Å². The molecule has 0 spiro atoms. The van der Waals surface area contributed by atoms with Gasteiger partial charge >= 0.3 is 0 Å². The predicted molar refractivity (Wildman–Crippen MR) is 105 cm³/mol. The van der Waals surface area contributed by atoms with Crippen LogP contribution in [0.1, 0.15) is 16.1 Å². The first-order valence-electron chi connectivity index (χ1n) is 8.85. The van der Waals surface area contributed by atoms with Crippen molar-refractivity contribution in [3.05, 3.63) is 78.1 Å². The highest BCUT2D eigenvalue weighted by molar-refractivity contribution is 6.04. The highest BCUT2D eigenvalue weighted by Crippen LogP contribution is 2.33. The van der Waals surface area contributed by atoms with Crippen LogP contribution in [0.25, 0.3) is 10.9 Å². The number of carbonyl (C=O) groups excluding carboxylic acids is 1. The summed E-state index contributed by atoms with van der Waals surface area (Å²) < 4.78 is 0. The lowest BCUT2D eigenvalue weighted by Gasteiger charge is -2.18. The standard InChI is InChI=1S/C21H17N5O/c27-21(23-16-9-8-15-13-22-25-18(15)12-16)17-5-3-7-20(24-17)26-11-10-14-4-1-2-6-19(14)26/h1-9,12-13H,10-11H2,(H,22,25)(H,23,27). The number of nitrogens with zero attached hydrogens (tertiary/aromatic N) is 3. The van der Waals surface area contributed by atoms with Crippen molar-refractivity contribution in [3.8, 4) is 0 Å². The van der Waals surface area contributed by atoms with Crippen LogP contribution in [0.15, 0.2) is 66.9 Å². The molecule has 3 heterocycles. The Morgan fingerprint density at radius 3 is 2.96 bits per heavy atom. The molecule has 0 aliphatic carbocycles. The molecule has 0 saturated carbocycles. The molecule has 2 aromatic carbocycles. The van der Waals surface area contributed by atoms with Gasteiger partial charge in [0.1, 0.15) is 11.5 Å². The number of rotatable bonds is 3. The summed E-state index contributed by atoms with van der Waals surface area (Å²) in [5.74, 6) is 0.555. The minimum atomic E-state index is -0.233. The van der Waals surface area contributed by atoms with Crippen LogP contribution in [0.4, 0.5) is 17.2 Å². The van der Waals surface area contributed by atoms with Crippen LogP contribution in [0, 0.1) is 0 Å². The van der Waals surface area contributed by atoms with E-state index in [1.807, 2.05) is 36.4 Å². The SMILES string of the molecule is O=C(Nc1ccc2cn[nH]c2c1)c1cccc(N2CCc3ccccc32)n1. The number of H-pyrrole nitrogens is 1. The Morgan fingerprint density at radius 2 is 2.00 bits per heavy atom. The van der Waals surface area contributed by atoms with E-state index >= 15 is 0 Å². The number of hydrogen-bond acceptors (Lipinski definition) is 4. The van der Waals surface area contributed by atoms with Crippen molar-refractivity contribution in [1.29, 1.82) is 0 Å². The van der Waals surface area contributed by atoms with Crippen LogP contribution in [0.3, 0.4) is 0 Å². The van der Waals surface area contributed by atoms with E-state index in [0.717, 1.165) is 35.4 Å². The fourth-order valence-corrected chi connectivity index (χ4v) is 3.49. The van der Waals surface area contributed by atoms with Gasteiger partial charge in [0.25, 0.3) is 5.91 Å². The van der Waals surface area contributed by atoms with Crippen LogP contribution < -0.4 is 10.2 Å². The number of aromatic nitrogens is 3. The topological polar surface area (TPSA) is 73.9 Å². The van der Waals surface area contributed by atoms with Crippen LogP contribution in [0.5, 0.6) is 0 Å². The minimum absolute atomic E-state index is 0.233. The summed E-state index contributed by atoms with van der Waals surface area (Å²) in [5.41, 5.74) is 4.44. The normalized spacial score (nSPS) is 13.0. The number of carbonyl (C=O) groups is 1. The smallest absolute Gasteiger partial charge is 0.274 e. The molecule has 4 aromatic rings. The Bertz CT molecular complexity index is 1150. The van der Waals surface area contributed by atoms with E-state index in [-0.39, 0.29) is 5.91 Å². The van der Waals surface area contributed by atoms with Crippen LogP contribution in [-0.4, -0.2) is 27.6 Å². The van der Waals surface area contributed by atoms with E-state index in [9.17, 15) is 4.79 Å². The lowest BCUT2D eigenvalue weighted by atomic mass is 10.2. The molecule has 0 fully saturated rings. The quantitative estimate of drug-likeness (QED) is 0.584. The summed E-state index contributed by atoms with van der Waals surface area (Å²) >= 11 is 0. The number of nitrogens with one attached hydrogen (secondary N) is 2. The second-order valence-corrected chi connectivity index (χ2v) is 6.54. The third-order valence-electron chi connectivity index (χ3n) is 4.83. The Morgan fingerprint density at radius 1 is 1.07 bits per heavy atom. The maximum atomic E-state index is 12.7. The fourth-order valence-electron chi connectivity index (χ4n) is 3.49. The lowest BCUT2D eigenvalue weighted by molar-refractivity contribution is 0.102. The van der Waals surface area contributed by atoms with Gasteiger partial charge in [-0.1, -0.05) is 24.3 Å². The second-order valence-electron chi connectivity index (χ2n) is 6.54. The van der Waals surface area contributed by atoms with Gasteiger partial charge in [0.05, 0.1) is 11.7 Å². The molecule has 1 amide bonds. The highest BCUT2D eigenvalue weighted by Gasteiger charge is 2.21. The first-order chi connectivity index (χ1) is 13.3. The fraction of sp³-hybridized carbons (Fsp3) is 0.0952. The summed E-state index contributed by atoms with van der Waals surface area (Å²) in [6.07, 6.45) is 2.73. The molecular formula is C21H17N5O. The average molecular weight is 355 g/mol. The van der Waals surface area contributed by atoms with Gasteiger partial charge in [0.15, 0.2) is 0 Å². The van der Waals surface area contributed by atoms with Crippen molar-refractivity contribution in [2.45, 2.75) is 6.42 Å². The van der Waals surface area contributed by atoms with Gasteiger partial charge in [-0.05, 0) is 48.4 Å². The highest BCUT2D eigenvalue weighted by atomic mass is 16.1. The molecule has 1 aliphatic rings. The maximum Gasteiger partial charge on any atom is 0.274 e. The summed E-state index contributed by atoms with van der Waals surface area (Å²) in [5, 5.41) is 10.8. The third kappa shape index (κ3) is 2.81. The number of pyridine rings is 1. The van der Waals surface area contributed by atoms with Gasteiger partial charge < -0.3 is 10.2 Å². The zero-order valence-corrected chi connectivity index (χ0v) is 14.5. The molecule has 0 bridgehead atoms. The molecule has 2 N–H and O–H groups in total. The van der Waals surface area contributed by atoms with Crippen LogP contribution in [-0.2, 0) is 6.42 Å². The first-order valence-corrected chi connectivity index (χ1v) is 8.85. The van der Waals surface area contributed by atoms with E-state index < -0.39 is 0 Å². The number of amides is 1. The van der Waals surface area contributed by atoms with Crippen LogP contribution in [0.2, 0.25) is 0 Å². The molecule has 0 saturated heterocycles. The Labute approximate surface area is 155 Å². The van der Waals surface area contributed by atoms with Gasteiger partial charge in [-0.3, -0.25) is 9.89 Å². The molecule has 6 heteroatoms. The third-order valence-corrected chi connectivity index (χ3v) is 4.83. The number of benzene rings is 2. The van der Waals surface area contributed by atoms with Crippen molar-refractivity contribution >= 4 is 34.0 Å². The zero-order chi connectivity index (χ0) is 18.2. The van der Waals surface area contributed by atoms with Crippen molar-refractivity contribution in [2.24, 2.45) is 0 Å². The van der Waals surface area contributed by atoms with E-state index in [0.29, 0.717) is 11.4 Å². The number of aromatic amines is 1. The van der Waals surface area contributed by atoms with E-state index in [1.54, 1.807) is 12.3 Å². The number of para-hydroxylation sites is 1. The zero-order valence-electron chi connectivity index (χ0n) is 14.5. The largest absolute Gasteiger partial charge is 0.326 e. The van der Waals surface area contributed by atoms with Crippen molar-refractivity contribution in [3.63, 3.8) is 0 Å². The monoisotopic (exact) mass is 355 g/mol. The predicted octanol–water partition coefficient (Wildman–Crippen LogP) is 3.90. The van der Waals surface area contributed by atoms with E-state index in [2.05, 4.69) is 43.6 Å². The molecule has 1 aliphatic heterocycles. The Kier molecular flexibility index (Phi) is 3.60. The Hall–Kier alpha value is -3.67. The van der Waals surface area contributed by atoms with Gasteiger partial charge in [0, 0.05) is 23.3 Å². The molecule has 2 aromatic heterocycles. The summed E-state index contributed by atoms with van der Waals surface area (Å²) in [6, 6.07) is 19.5. The average Bonchev–Trinajstić information content (AvgIpc) is 3.34. The maximum absolute atomic E-state index is 12.7. The molecular weight excluding hydrogens is 338 g/mol. The summed E-state index contributed by atoms with van der Waals surface area (Å²) in [6.45, 7) is 0.869. The van der Waals surface area contributed by atoms with Crippen molar-refractivity contribution in [1.82, 2.24) is 15.2 Å². The van der Waals surface area contributed by atoms with Gasteiger partial charge in [0.2, 0.25) is 0 Å². The van der Waals surface area contributed by atoms with Crippen molar-refractivity contribution in [2.75, 3.05) is 16.8 Å². The molecule has 6 nitrogen and oxygen atoms in total. The first kappa shape index (κ1) is 15.6. The number of hydrogen-bond donors (Lipinski definition) is 2. The molecule has 0 atom stereocenters. The van der Waals surface area contributed by atoms with Crippen LogP contribution >= 0.6 is 0 Å². The summed E-state index contributed by atoms with van der Waals surface area (Å²) in [4.78, 5) is 19.4. The second kappa shape index (κ2) is 6.25. The summed E-state index contributed by atoms with van der Waals surface area (Å²) in [7, 11) is 0. The minimum Gasteiger partial charge on any atom is -0.326 e.